The van der Waals surface area contributed by atoms with Gasteiger partial charge in [0, 0.05) is 19.6 Å². The maximum atomic E-state index is 12.9. The fraction of sp³-hybridized carbons (Fsp3) is 0.571. The van der Waals surface area contributed by atoms with Crippen LogP contribution in [0, 0.1) is 11.7 Å². The van der Waals surface area contributed by atoms with Gasteiger partial charge in [0.15, 0.2) is 0 Å². The van der Waals surface area contributed by atoms with E-state index in [0.717, 1.165) is 6.42 Å². The zero-order chi connectivity index (χ0) is 12.7. The Hall–Kier alpha value is -0.930. The van der Waals surface area contributed by atoms with Gasteiger partial charge in [-0.3, -0.25) is 0 Å². The van der Waals surface area contributed by atoms with E-state index < -0.39 is 6.10 Å². The predicted octanol–water partition coefficient (Wildman–Crippen LogP) is 3.31. The molecule has 0 aromatic heterocycles. The van der Waals surface area contributed by atoms with Crippen molar-refractivity contribution in [1.29, 1.82) is 0 Å². The van der Waals surface area contributed by atoms with Crippen molar-refractivity contribution in [1.82, 2.24) is 0 Å². The normalized spacial score (nSPS) is 13.0. The molecule has 0 bridgehead atoms. The highest BCUT2D eigenvalue weighted by Crippen LogP contribution is 2.17. The highest BCUT2D eigenvalue weighted by atomic mass is 19.1. The van der Waals surface area contributed by atoms with Gasteiger partial charge in [0.2, 0.25) is 0 Å². The van der Waals surface area contributed by atoms with E-state index in [-0.39, 0.29) is 5.82 Å². The van der Waals surface area contributed by atoms with E-state index >= 15 is 0 Å². The fourth-order valence-corrected chi connectivity index (χ4v) is 1.50. The monoisotopic (exact) mass is 240 g/mol. The number of rotatable bonds is 7. The molecule has 1 N–H and O–H groups in total. The lowest BCUT2D eigenvalue weighted by Gasteiger charge is -2.12. The molecule has 1 aromatic carbocycles. The van der Waals surface area contributed by atoms with Crippen LogP contribution in [0.1, 0.15) is 38.4 Å². The highest BCUT2D eigenvalue weighted by Gasteiger charge is 2.07. The van der Waals surface area contributed by atoms with Crippen LogP contribution < -0.4 is 0 Å². The van der Waals surface area contributed by atoms with Crippen molar-refractivity contribution < 1.29 is 14.2 Å². The van der Waals surface area contributed by atoms with Crippen LogP contribution in [0.5, 0.6) is 0 Å². The molecule has 1 aromatic rings. The quantitative estimate of drug-likeness (QED) is 0.741. The van der Waals surface area contributed by atoms with Crippen LogP contribution in [0.3, 0.4) is 0 Å². The van der Waals surface area contributed by atoms with Gasteiger partial charge in [-0.05, 0) is 30.0 Å². The third-order valence-electron chi connectivity index (χ3n) is 2.61. The largest absolute Gasteiger partial charge is 0.388 e. The van der Waals surface area contributed by atoms with Crippen LogP contribution in [0.4, 0.5) is 4.39 Å². The topological polar surface area (TPSA) is 29.5 Å². The molecule has 96 valence electrons. The summed E-state index contributed by atoms with van der Waals surface area (Å²) in [4.78, 5) is 0. The number of aliphatic hydroxyl groups excluding tert-OH is 1. The molecule has 0 spiro atoms. The average molecular weight is 240 g/mol. The lowest BCUT2D eigenvalue weighted by Crippen LogP contribution is -2.05. The van der Waals surface area contributed by atoms with Gasteiger partial charge in [0.05, 0.1) is 6.10 Å². The second kappa shape index (κ2) is 7.41. The number of hydrogen-bond acceptors (Lipinski definition) is 2. The molecule has 0 amide bonds. The van der Waals surface area contributed by atoms with Gasteiger partial charge < -0.3 is 9.84 Å². The molecular weight excluding hydrogens is 219 g/mol. The van der Waals surface area contributed by atoms with Gasteiger partial charge in [0.25, 0.3) is 0 Å². The Balaban J connectivity index is 2.23. The lowest BCUT2D eigenvalue weighted by molar-refractivity contribution is 0.0765. The first-order valence-corrected chi connectivity index (χ1v) is 6.11. The summed E-state index contributed by atoms with van der Waals surface area (Å²) >= 11 is 0. The van der Waals surface area contributed by atoms with E-state index in [0.29, 0.717) is 31.1 Å². The molecule has 1 unspecified atom stereocenters. The average Bonchev–Trinajstić information content (AvgIpc) is 2.28. The summed E-state index contributed by atoms with van der Waals surface area (Å²) in [5.74, 6) is 0.311. The second-order valence-electron chi connectivity index (χ2n) is 4.65. The first-order chi connectivity index (χ1) is 8.09. The molecule has 0 radical (unpaired) electrons. The molecule has 0 saturated carbocycles. The Kier molecular flexibility index (Phi) is 6.16. The van der Waals surface area contributed by atoms with Crippen molar-refractivity contribution in [3.05, 3.63) is 35.6 Å². The molecule has 0 aliphatic rings. The first kappa shape index (κ1) is 14.1. The summed E-state index contributed by atoms with van der Waals surface area (Å²) in [5.41, 5.74) is 0.609. The van der Waals surface area contributed by atoms with E-state index in [1.165, 1.54) is 12.1 Å². The molecular formula is C14H21FO2. The number of benzene rings is 1. The van der Waals surface area contributed by atoms with Crippen molar-refractivity contribution in [3.63, 3.8) is 0 Å². The number of hydrogen-bond donors (Lipinski definition) is 1. The highest BCUT2D eigenvalue weighted by molar-refractivity contribution is 5.18. The molecule has 0 aliphatic carbocycles. The molecule has 0 aliphatic heterocycles. The molecule has 17 heavy (non-hydrogen) atoms. The van der Waals surface area contributed by atoms with Gasteiger partial charge in [-0.1, -0.05) is 26.0 Å². The molecule has 0 heterocycles. The molecule has 3 heteroatoms. The Bertz CT molecular complexity index is 326. The van der Waals surface area contributed by atoms with Gasteiger partial charge in [0.1, 0.15) is 5.82 Å². The van der Waals surface area contributed by atoms with Crippen LogP contribution in [-0.2, 0) is 4.74 Å². The standard InChI is InChI=1S/C14H21FO2/c1-11(2)6-8-17-9-7-14(16)12-4-3-5-13(15)10-12/h3-5,10-11,14,16H,6-9H2,1-2H3. The SMILES string of the molecule is CC(C)CCOCCC(O)c1cccc(F)c1. The minimum Gasteiger partial charge on any atom is -0.388 e. The van der Waals surface area contributed by atoms with Gasteiger partial charge in [-0.25, -0.2) is 4.39 Å². The van der Waals surface area contributed by atoms with Gasteiger partial charge in [-0.15, -0.1) is 0 Å². The summed E-state index contributed by atoms with van der Waals surface area (Å²) in [6.45, 7) is 5.51. The maximum Gasteiger partial charge on any atom is 0.123 e. The zero-order valence-corrected chi connectivity index (χ0v) is 10.5. The molecule has 2 nitrogen and oxygen atoms in total. The minimum atomic E-state index is -0.648. The van der Waals surface area contributed by atoms with E-state index in [9.17, 15) is 9.50 Å². The van der Waals surface area contributed by atoms with Crippen molar-refractivity contribution in [3.8, 4) is 0 Å². The number of ether oxygens (including phenoxy) is 1. The van der Waals surface area contributed by atoms with E-state index in [4.69, 9.17) is 4.74 Å². The molecule has 1 atom stereocenters. The van der Waals surface area contributed by atoms with E-state index in [1.807, 2.05) is 0 Å². The summed E-state index contributed by atoms with van der Waals surface area (Å²) in [6, 6.07) is 6.06. The van der Waals surface area contributed by atoms with E-state index in [2.05, 4.69) is 13.8 Å². The van der Waals surface area contributed by atoms with Crippen LogP contribution in [0.25, 0.3) is 0 Å². The van der Waals surface area contributed by atoms with E-state index in [1.54, 1.807) is 12.1 Å². The second-order valence-corrected chi connectivity index (χ2v) is 4.65. The minimum absolute atomic E-state index is 0.317. The smallest absolute Gasteiger partial charge is 0.123 e. The summed E-state index contributed by atoms with van der Waals surface area (Å²) in [7, 11) is 0. The zero-order valence-electron chi connectivity index (χ0n) is 10.5. The summed E-state index contributed by atoms with van der Waals surface area (Å²) in [6.07, 6.45) is 0.877. The Morgan fingerprint density at radius 3 is 2.59 bits per heavy atom. The number of halogens is 1. The first-order valence-electron chi connectivity index (χ1n) is 6.11. The predicted molar refractivity (Wildman–Crippen MR) is 66.3 cm³/mol. The van der Waals surface area contributed by atoms with Crippen LogP contribution >= 0.6 is 0 Å². The fourth-order valence-electron chi connectivity index (χ4n) is 1.50. The maximum absolute atomic E-state index is 12.9. The van der Waals surface area contributed by atoms with Gasteiger partial charge >= 0.3 is 0 Å². The van der Waals surface area contributed by atoms with Crippen molar-refractivity contribution in [2.75, 3.05) is 13.2 Å². The molecule has 0 fully saturated rings. The van der Waals surface area contributed by atoms with Crippen molar-refractivity contribution >= 4 is 0 Å². The Morgan fingerprint density at radius 1 is 1.24 bits per heavy atom. The third kappa shape index (κ3) is 5.80. The number of aliphatic hydroxyl groups is 1. The third-order valence-corrected chi connectivity index (χ3v) is 2.61. The molecule has 0 saturated heterocycles. The van der Waals surface area contributed by atoms with Crippen molar-refractivity contribution in [2.24, 2.45) is 5.92 Å². The Labute approximate surface area is 102 Å². The van der Waals surface area contributed by atoms with Gasteiger partial charge in [-0.2, -0.15) is 0 Å². The molecule has 1 rings (SSSR count). The van der Waals surface area contributed by atoms with Crippen molar-refractivity contribution in [2.45, 2.75) is 32.8 Å². The summed E-state index contributed by atoms with van der Waals surface area (Å²) < 4.78 is 18.3. The van der Waals surface area contributed by atoms with Crippen LogP contribution in [-0.4, -0.2) is 18.3 Å². The Morgan fingerprint density at radius 2 is 1.94 bits per heavy atom. The lowest BCUT2D eigenvalue weighted by atomic mass is 10.1. The van der Waals surface area contributed by atoms with Crippen LogP contribution in [0.2, 0.25) is 0 Å². The van der Waals surface area contributed by atoms with Crippen LogP contribution in [0.15, 0.2) is 24.3 Å². The summed E-state index contributed by atoms with van der Waals surface area (Å²) in [5, 5.41) is 9.81.